The smallest absolute Gasteiger partial charge is 0.244 e. The van der Waals surface area contributed by atoms with Crippen LogP contribution < -0.4 is 10.1 Å². The number of ether oxygens (including phenoxy) is 1. The number of piperazine rings is 1. The van der Waals surface area contributed by atoms with Crippen LogP contribution in [-0.4, -0.2) is 70.5 Å². The van der Waals surface area contributed by atoms with Crippen LogP contribution in [0.5, 0.6) is 5.75 Å². The van der Waals surface area contributed by atoms with Gasteiger partial charge in [0.1, 0.15) is 12.3 Å². The molecule has 0 bridgehead atoms. The molecule has 3 aromatic rings. The average molecular weight is 490 g/mol. The minimum Gasteiger partial charge on any atom is -0.497 e. The molecule has 0 atom stereocenters. The number of anilines is 1. The van der Waals surface area contributed by atoms with Gasteiger partial charge in [-0.3, -0.25) is 24.0 Å². The zero-order valence-electron chi connectivity index (χ0n) is 20.4. The first-order chi connectivity index (χ1) is 17.5. The van der Waals surface area contributed by atoms with Gasteiger partial charge < -0.3 is 15.0 Å². The van der Waals surface area contributed by atoms with Gasteiger partial charge in [-0.2, -0.15) is 5.10 Å². The number of nitrogens with zero attached hydrogens (tertiary/aromatic N) is 4. The van der Waals surface area contributed by atoms with Gasteiger partial charge in [0.2, 0.25) is 11.8 Å². The Balaban J connectivity index is 1.19. The van der Waals surface area contributed by atoms with Gasteiger partial charge in [-0.05, 0) is 17.7 Å². The standard InChI is InChI=1S/C27H31N5O4/c1-36-24-9-5-6-21(16-24)18-30-12-14-31(15-13-30)27(35)20-32-19-23(17-28-32)29-26(34)11-10-25(33)22-7-3-2-4-8-22/h2-9,16-17,19H,10-15,18,20H2,1H3,(H,29,34). The molecule has 0 unspecified atom stereocenters. The quantitative estimate of drug-likeness (QED) is 0.440. The van der Waals surface area contributed by atoms with E-state index in [9.17, 15) is 14.4 Å². The number of amides is 2. The highest BCUT2D eigenvalue weighted by atomic mass is 16.5. The van der Waals surface area contributed by atoms with Crippen molar-refractivity contribution < 1.29 is 19.1 Å². The molecular weight excluding hydrogens is 458 g/mol. The molecule has 2 aromatic carbocycles. The fourth-order valence-electron chi connectivity index (χ4n) is 4.16. The Kier molecular flexibility index (Phi) is 8.46. The normalized spacial score (nSPS) is 13.9. The van der Waals surface area contributed by atoms with Gasteiger partial charge >= 0.3 is 0 Å². The maximum atomic E-state index is 12.8. The summed E-state index contributed by atoms with van der Waals surface area (Å²) in [7, 11) is 1.66. The highest BCUT2D eigenvalue weighted by Crippen LogP contribution is 2.16. The summed E-state index contributed by atoms with van der Waals surface area (Å²) in [6.07, 6.45) is 3.36. The van der Waals surface area contributed by atoms with Crippen molar-refractivity contribution in [3.8, 4) is 5.75 Å². The van der Waals surface area contributed by atoms with Crippen molar-refractivity contribution in [3.05, 3.63) is 78.1 Å². The van der Waals surface area contributed by atoms with Gasteiger partial charge in [0.05, 0.1) is 19.0 Å². The minimum absolute atomic E-state index is 0.00883. The number of aromatic nitrogens is 2. The van der Waals surface area contributed by atoms with E-state index in [-0.39, 0.29) is 37.0 Å². The summed E-state index contributed by atoms with van der Waals surface area (Å²) in [4.78, 5) is 41.3. The molecule has 2 heterocycles. The molecular formula is C27H31N5O4. The number of Topliss-reactive ketones (excluding diaryl/α,β-unsaturated/α-hetero) is 1. The van der Waals surface area contributed by atoms with E-state index in [2.05, 4.69) is 21.4 Å². The van der Waals surface area contributed by atoms with E-state index in [0.717, 1.165) is 25.4 Å². The predicted octanol–water partition coefficient (Wildman–Crippen LogP) is 2.84. The van der Waals surface area contributed by atoms with Crippen LogP contribution in [0.3, 0.4) is 0 Å². The van der Waals surface area contributed by atoms with E-state index in [1.165, 1.54) is 16.4 Å². The fourth-order valence-corrected chi connectivity index (χ4v) is 4.16. The Labute approximate surface area is 210 Å². The van der Waals surface area contributed by atoms with Crippen LogP contribution in [0, 0.1) is 0 Å². The van der Waals surface area contributed by atoms with E-state index >= 15 is 0 Å². The first-order valence-corrected chi connectivity index (χ1v) is 12.0. The number of rotatable bonds is 10. The van der Waals surface area contributed by atoms with Gasteiger partial charge in [-0.25, -0.2) is 0 Å². The van der Waals surface area contributed by atoms with E-state index in [1.807, 2.05) is 29.2 Å². The lowest BCUT2D eigenvalue weighted by molar-refractivity contribution is -0.133. The SMILES string of the molecule is COc1cccc(CN2CCN(C(=O)Cn3cc(NC(=O)CCC(=O)c4ccccc4)cn3)CC2)c1. The summed E-state index contributed by atoms with van der Waals surface area (Å²) >= 11 is 0. The zero-order chi connectivity index (χ0) is 25.3. The lowest BCUT2D eigenvalue weighted by Crippen LogP contribution is -2.49. The summed E-state index contributed by atoms with van der Waals surface area (Å²) in [6, 6.07) is 16.9. The Bertz CT molecular complexity index is 1190. The van der Waals surface area contributed by atoms with E-state index in [1.54, 1.807) is 37.6 Å². The van der Waals surface area contributed by atoms with Crippen molar-refractivity contribution in [2.45, 2.75) is 25.9 Å². The average Bonchev–Trinajstić information content (AvgIpc) is 3.34. The molecule has 1 aromatic heterocycles. The molecule has 188 valence electrons. The molecule has 1 aliphatic rings. The Hall–Kier alpha value is -3.98. The molecule has 1 fully saturated rings. The van der Waals surface area contributed by atoms with Crippen LogP contribution in [0.2, 0.25) is 0 Å². The van der Waals surface area contributed by atoms with E-state index in [4.69, 9.17) is 4.74 Å². The number of nitrogens with one attached hydrogen (secondary N) is 1. The molecule has 0 spiro atoms. The maximum absolute atomic E-state index is 12.8. The first kappa shape index (κ1) is 25.1. The van der Waals surface area contributed by atoms with Crippen molar-refractivity contribution in [1.82, 2.24) is 19.6 Å². The second-order valence-electron chi connectivity index (χ2n) is 8.77. The van der Waals surface area contributed by atoms with E-state index in [0.29, 0.717) is 24.3 Å². The van der Waals surface area contributed by atoms with Crippen LogP contribution >= 0.6 is 0 Å². The number of hydrogen-bond donors (Lipinski definition) is 1. The summed E-state index contributed by atoms with van der Waals surface area (Å²) in [5, 5.41) is 6.94. The van der Waals surface area contributed by atoms with Gasteiger partial charge in [-0.1, -0.05) is 42.5 Å². The predicted molar refractivity (Wildman–Crippen MR) is 136 cm³/mol. The fraction of sp³-hybridized carbons (Fsp3) is 0.333. The van der Waals surface area contributed by atoms with Crippen molar-refractivity contribution in [1.29, 1.82) is 0 Å². The van der Waals surface area contributed by atoms with Crippen molar-refractivity contribution >= 4 is 23.3 Å². The second-order valence-corrected chi connectivity index (χ2v) is 8.77. The molecule has 9 heteroatoms. The molecule has 0 saturated carbocycles. The van der Waals surface area contributed by atoms with Crippen LogP contribution in [0.1, 0.15) is 28.8 Å². The number of carbonyl (C=O) groups is 3. The number of ketones is 1. The summed E-state index contributed by atoms with van der Waals surface area (Å²) < 4.78 is 6.82. The molecule has 36 heavy (non-hydrogen) atoms. The molecule has 1 N–H and O–H groups in total. The van der Waals surface area contributed by atoms with Crippen LogP contribution in [0.25, 0.3) is 0 Å². The zero-order valence-corrected chi connectivity index (χ0v) is 20.4. The van der Waals surface area contributed by atoms with Crippen LogP contribution in [-0.2, 0) is 22.7 Å². The van der Waals surface area contributed by atoms with Crippen molar-refractivity contribution in [2.75, 3.05) is 38.6 Å². The molecule has 9 nitrogen and oxygen atoms in total. The largest absolute Gasteiger partial charge is 0.497 e. The Morgan fingerprint density at radius 3 is 2.50 bits per heavy atom. The lowest BCUT2D eigenvalue weighted by Gasteiger charge is -2.34. The first-order valence-electron chi connectivity index (χ1n) is 12.0. The highest BCUT2D eigenvalue weighted by Gasteiger charge is 2.22. The monoisotopic (exact) mass is 489 g/mol. The second kappa shape index (κ2) is 12.1. The van der Waals surface area contributed by atoms with Gasteiger partial charge in [0.15, 0.2) is 5.78 Å². The van der Waals surface area contributed by atoms with Crippen LogP contribution in [0.4, 0.5) is 5.69 Å². The lowest BCUT2D eigenvalue weighted by atomic mass is 10.1. The van der Waals surface area contributed by atoms with Gasteiger partial charge in [-0.15, -0.1) is 0 Å². The Morgan fingerprint density at radius 1 is 0.972 bits per heavy atom. The van der Waals surface area contributed by atoms with Gasteiger partial charge in [0.25, 0.3) is 0 Å². The number of hydrogen-bond acceptors (Lipinski definition) is 6. The molecule has 1 aliphatic heterocycles. The molecule has 2 amide bonds. The minimum atomic E-state index is -0.266. The topological polar surface area (TPSA) is 96.8 Å². The van der Waals surface area contributed by atoms with E-state index < -0.39 is 0 Å². The Morgan fingerprint density at radius 2 is 1.75 bits per heavy atom. The third kappa shape index (κ3) is 7.02. The summed E-state index contributed by atoms with van der Waals surface area (Å²) in [5.74, 6) is 0.496. The highest BCUT2D eigenvalue weighted by molar-refractivity contribution is 5.99. The molecule has 1 saturated heterocycles. The summed E-state index contributed by atoms with van der Waals surface area (Å²) in [6.45, 7) is 3.83. The molecule has 0 aliphatic carbocycles. The van der Waals surface area contributed by atoms with Gasteiger partial charge in [0, 0.05) is 57.3 Å². The number of carbonyl (C=O) groups excluding carboxylic acids is 3. The van der Waals surface area contributed by atoms with Crippen molar-refractivity contribution in [2.24, 2.45) is 0 Å². The van der Waals surface area contributed by atoms with Crippen molar-refractivity contribution in [3.63, 3.8) is 0 Å². The molecule has 4 rings (SSSR count). The van der Waals surface area contributed by atoms with Crippen LogP contribution in [0.15, 0.2) is 67.0 Å². The third-order valence-corrected chi connectivity index (χ3v) is 6.15. The maximum Gasteiger partial charge on any atom is 0.244 e. The third-order valence-electron chi connectivity index (χ3n) is 6.15. The molecule has 0 radical (unpaired) electrons. The number of benzene rings is 2. The summed E-state index contributed by atoms with van der Waals surface area (Å²) in [5.41, 5.74) is 2.28. The number of methoxy groups -OCH3 is 1.